The first-order valence-corrected chi connectivity index (χ1v) is 6.28. The molecule has 2 aromatic rings. The minimum absolute atomic E-state index is 0.00545. The molecule has 1 aliphatic rings. The van der Waals surface area contributed by atoms with E-state index in [4.69, 9.17) is 14.2 Å². The third kappa shape index (κ3) is 1.99. The summed E-state index contributed by atoms with van der Waals surface area (Å²) in [5, 5.41) is 0. The van der Waals surface area contributed by atoms with Crippen molar-refractivity contribution >= 4 is 5.78 Å². The van der Waals surface area contributed by atoms with Crippen LogP contribution >= 0.6 is 0 Å². The third-order valence-electron chi connectivity index (χ3n) is 3.30. The lowest BCUT2D eigenvalue weighted by Gasteiger charge is -2.11. The normalized spacial score (nSPS) is 12.3. The molecule has 0 saturated heterocycles. The molecule has 0 fully saturated rings. The fourth-order valence-electron chi connectivity index (χ4n) is 2.31. The number of ketones is 1. The lowest BCUT2D eigenvalue weighted by Crippen LogP contribution is -1.98. The number of hydrogen-bond acceptors (Lipinski definition) is 4. The van der Waals surface area contributed by atoms with E-state index in [0.29, 0.717) is 17.1 Å². The number of carbonyl (C=O) groups excluding carboxylic acids is 1. The molecule has 0 spiro atoms. The van der Waals surface area contributed by atoms with E-state index in [1.54, 1.807) is 26.2 Å². The number of fused-ring (bicyclic) bond motifs is 1. The maximum atomic E-state index is 11.8. The maximum absolute atomic E-state index is 11.8. The molecule has 0 N–H and O–H groups in total. The first-order valence-electron chi connectivity index (χ1n) is 6.28. The molecule has 1 aliphatic heterocycles. The van der Waals surface area contributed by atoms with E-state index < -0.39 is 0 Å². The van der Waals surface area contributed by atoms with Crippen LogP contribution in [0.3, 0.4) is 0 Å². The second-order valence-electron chi connectivity index (χ2n) is 4.51. The lowest BCUT2D eigenvalue weighted by molar-refractivity contribution is 0.101. The quantitative estimate of drug-likeness (QED) is 0.803. The Bertz CT molecular complexity index is 659. The van der Waals surface area contributed by atoms with Crippen molar-refractivity contribution in [3.63, 3.8) is 0 Å². The van der Waals surface area contributed by atoms with Gasteiger partial charge in [0.1, 0.15) is 5.75 Å². The van der Waals surface area contributed by atoms with E-state index in [1.165, 1.54) is 0 Å². The van der Waals surface area contributed by atoms with Crippen LogP contribution in [0.1, 0.15) is 17.3 Å². The van der Waals surface area contributed by atoms with Crippen LogP contribution in [0.4, 0.5) is 0 Å². The lowest BCUT2D eigenvalue weighted by atomic mass is 9.96. The zero-order valence-electron chi connectivity index (χ0n) is 11.3. The Morgan fingerprint density at radius 3 is 2.50 bits per heavy atom. The molecular weight excluding hydrogens is 256 g/mol. The van der Waals surface area contributed by atoms with Gasteiger partial charge in [-0.3, -0.25) is 4.79 Å². The summed E-state index contributed by atoms with van der Waals surface area (Å²) >= 11 is 0. The van der Waals surface area contributed by atoms with Gasteiger partial charge in [0.05, 0.1) is 7.11 Å². The summed E-state index contributed by atoms with van der Waals surface area (Å²) in [5.41, 5.74) is 2.30. The van der Waals surface area contributed by atoms with Crippen molar-refractivity contribution in [3.8, 4) is 28.4 Å². The molecular formula is C16H14O4. The van der Waals surface area contributed by atoms with E-state index >= 15 is 0 Å². The van der Waals surface area contributed by atoms with Crippen molar-refractivity contribution in [2.45, 2.75) is 6.92 Å². The van der Waals surface area contributed by atoms with Gasteiger partial charge in [0.2, 0.25) is 6.79 Å². The smallest absolute Gasteiger partial charge is 0.231 e. The summed E-state index contributed by atoms with van der Waals surface area (Å²) < 4.78 is 16.1. The molecule has 4 heteroatoms. The molecule has 3 rings (SSSR count). The van der Waals surface area contributed by atoms with Gasteiger partial charge in [0.25, 0.3) is 0 Å². The number of carbonyl (C=O) groups is 1. The molecule has 0 atom stereocenters. The molecule has 0 aliphatic carbocycles. The van der Waals surface area contributed by atoms with Crippen LogP contribution in [0.2, 0.25) is 0 Å². The first kappa shape index (κ1) is 12.5. The van der Waals surface area contributed by atoms with Gasteiger partial charge < -0.3 is 14.2 Å². The van der Waals surface area contributed by atoms with Crippen molar-refractivity contribution in [3.05, 3.63) is 42.0 Å². The van der Waals surface area contributed by atoms with E-state index in [-0.39, 0.29) is 12.6 Å². The Labute approximate surface area is 116 Å². The number of methoxy groups -OCH3 is 1. The van der Waals surface area contributed by atoms with Gasteiger partial charge in [-0.1, -0.05) is 12.1 Å². The fourth-order valence-corrected chi connectivity index (χ4v) is 2.31. The highest BCUT2D eigenvalue weighted by Gasteiger charge is 2.23. The highest BCUT2D eigenvalue weighted by atomic mass is 16.7. The Morgan fingerprint density at radius 1 is 1.10 bits per heavy atom. The zero-order valence-corrected chi connectivity index (χ0v) is 11.3. The van der Waals surface area contributed by atoms with Gasteiger partial charge in [0.15, 0.2) is 17.3 Å². The molecule has 0 aromatic heterocycles. The average molecular weight is 270 g/mol. The zero-order chi connectivity index (χ0) is 14.1. The summed E-state index contributed by atoms with van der Waals surface area (Å²) in [6.07, 6.45) is 0. The summed E-state index contributed by atoms with van der Waals surface area (Å²) in [7, 11) is 1.62. The van der Waals surface area contributed by atoms with Gasteiger partial charge in [0, 0.05) is 11.1 Å². The molecule has 102 valence electrons. The topological polar surface area (TPSA) is 44.8 Å². The Kier molecular flexibility index (Phi) is 3.06. The van der Waals surface area contributed by atoms with Gasteiger partial charge in [-0.05, 0) is 36.8 Å². The van der Waals surface area contributed by atoms with Gasteiger partial charge in [-0.2, -0.15) is 0 Å². The predicted octanol–water partition coefficient (Wildman–Crippen LogP) is 3.29. The highest BCUT2D eigenvalue weighted by Crippen LogP contribution is 2.43. The maximum Gasteiger partial charge on any atom is 0.231 e. The van der Waals surface area contributed by atoms with Crippen LogP contribution in [0.25, 0.3) is 11.1 Å². The van der Waals surface area contributed by atoms with Crippen LogP contribution in [0, 0.1) is 0 Å². The summed E-state index contributed by atoms with van der Waals surface area (Å²) in [4.78, 5) is 11.8. The molecule has 20 heavy (non-hydrogen) atoms. The van der Waals surface area contributed by atoms with Gasteiger partial charge >= 0.3 is 0 Å². The van der Waals surface area contributed by atoms with Crippen LogP contribution < -0.4 is 14.2 Å². The van der Waals surface area contributed by atoms with Crippen LogP contribution in [0.5, 0.6) is 17.2 Å². The summed E-state index contributed by atoms with van der Waals surface area (Å²) in [6.45, 7) is 1.73. The van der Waals surface area contributed by atoms with E-state index in [1.807, 2.05) is 24.3 Å². The fraction of sp³-hybridized carbons (Fsp3) is 0.188. The molecule has 2 aromatic carbocycles. The van der Waals surface area contributed by atoms with Gasteiger partial charge in [-0.25, -0.2) is 0 Å². The third-order valence-corrected chi connectivity index (χ3v) is 3.30. The first-order chi connectivity index (χ1) is 9.70. The molecule has 0 bridgehead atoms. The second kappa shape index (κ2) is 4.89. The molecule has 0 radical (unpaired) electrons. The minimum Gasteiger partial charge on any atom is -0.497 e. The second-order valence-corrected chi connectivity index (χ2v) is 4.51. The Morgan fingerprint density at radius 2 is 1.85 bits per heavy atom. The number of benzene rings is 2. The average Bonchev–Trinajstić information content (AvgIpc) is 2.94. The van der Waals surface area contributed by atoms with Crippen molar-refractivity contribution in [2.75, 3.05) is 13.9 Å². The SMILES string of the molecule is COc1ccc(-c2c(C(C)=O)ccc3c2OCO3)cc1. The number of rotatable bonds is 3. The van der Waals surface area contributed by atoms with Crippen molar-refractivity contribution in [1.29, 1.82) is 0 Å². The van der Waals surface area contributed by atoms with Crippen LogP contribution in [-0.4, -0.2) is 19.7 Å². The van der Waals surface area contributed by atoms with E-state index in [0.717, 1.165) is 16.9 Å². The van der Waals surface area contributed by atoms with Gasteiger partial charge in [-0.15, -0.1) is 0 Å². The summed E-state index contributed by atoms with van der Waals surface area (Å²) in [5.74, 6) is 2.06. The van der Waals surface area contributed by atoms with E-state index in [9.17, 15) is 4.79 Å². The van der Waals surface area contributed by atoms with Crippen LogP contribution in [-0.2, 0) is 0 Å². The molecule has 0 amide bonds. The Hall–Kier alpha value is -2.49. The summed E-state index contributed by atoms with van der Waals surface area (Å²) in [6, 6.07) is 11.1. The monoisotopic (exact) mass is 270 g/mol. The molecule has 4 nitrogen and oxygen atoms in total. The highest BCUT2D eigenvalue weighted by molar-refractivity contribution is 6.03. The minimum atomic E-state index is -0.00545. The van der Waals surface area contributed by atoms with Crippen LogP contribution in [0.15, 0.2) is 36.4 Å². The standard InChI is InChI=1S/C16H14O4/c1-10(17)13-7-8-14-16(20-9-19-14)15(13)11-3-5-12(18-2)6-4-11/h3-8H,9H2,1-2H3. The van der Waals surface area contributed by atoms with E-state index in [2.05, 4.69) is 0 Å². The van der Waals surface area contributed by atoms with Crippen molar-refractivity contribution < 1.29 is 19.0 Å². The number of Topliss-reactive ketones (excluding diaryl/α,β-unsaturated/α-hetero) is 1. The molecule has 0 saturated carbocycles. The largest absolute Gasteiger partial charge is 0.497 e. The predicted molar refractivity (Wildman–Crippen MR) is 74.6 cm³/mol. The molecule has 1 heterocycles. The van der Waals surface area contributed by atoms with Crippen molar-refractivity contribution in [1.82, 2.24) is 0 Å². The molecule has 0 unspecified atom stereocenters. The van der Waals surface area contributed by atoms with Crippen molar-refractivity contribution in [2.24, 2.45) is 0 Å². The number of hydrogen-bond donors (Lipinski definition) is 0. The number of ether oxygens (including phenoxy) is 3. The Balaban J connectivity index is 2.19.